The molecule has 0 radical (unpaired) electrons. The summed E-state index contributed by atoms with van der Waals surface area (Å²) in [7, 11) is 1.91. The van der Waals surface area contributed by atoms with Gasteiger partial charge in [-0.3, -0.25) is 14.4 Å². The minimum Gasteiger partial charge on any atom is -0.343 e. The molecule has 1 saturated heterocycles. The maximum absolute atomic E-state index is 13.3. The van der Waals surface area contributed by atoms with Crippen molar-refractivity contribution in [1.29, 1.82) is 0 Å². The second-order valence-electron chi connectivity index (χ2n) is 8.36. The number of nitrogens with one attached hydrogen (secondary N) is 2. The van der Waals surface area contributed by atoms with E-state index in [2.05, 4.69) is 43.0 Å². The maximum Gasteiger partial charge on any atom is 0.239 e. The van der Waals surface area contributed by atoms with E-state index in [0.29, 0.717) is 13.1 Å². The van der Waals surface area contributed by atoms with E-state index in [1.165, 1.54) is 0 Å². The quantitative estimate of drug-likeness (QED) is 0.679. The summed E-state index contributed by atoms with van der Waals surface area (Å²) >= 11 is 0. The van der Waals surface area contributed by atoms with Crippen LogP contribution in [-0.2, 0) is 23.9 Å². The van der Waals surface area contributed by atoms with Crippen LogP contribution in [0.4, 0.5) is 0 Å². The molecule has 0 aliphatic carbocycles. The van der Waals surface area contributed by atoms with Gasteiger partial charge in [0, 0.05) is 51.2 Å². The molecule has 1 amide bonds. The molecule has 154 valence electrons. The molecular weight excluding hydrogens is 366 g/mol. The molecule has 2 N–H and O–H groups in total. The van der Waals surface area contributed by atoms with Gasteiger partial charge in [-0.1, -0.05) is 6.07 Å². The fourth-order valence-electron chi connectivity index (χ4n) is 4.05. The van der Waals surface area contributed by atoms with Crippen molar-refractivity contribution in [2.24, 2.45) is 7.05 Å². The average Bonchev–Trinajstić information content (AvgIpc) is 3.29. The number of pyridine rings is 1. The van der Waals surface area contributed by atoms with Crippen LogP contribution in [-0.4, -0.2) is 55.6 Å². The van der Waals surface area contributed by atoms with Gasteiger partial charge >= 0.3 is 0 Å². The van der Waals surface area contributed by atoms with E-state index in [1.807, 2.05) is 51.7 Å². The molecule has 0 aromatic carbocycles. The van der Waals surface area contributed by atoms with Gasteiger partial charge in [0.1, 0.15) is 11.9 Å². The van der Waals surface area contributed by atoms with E-state index in [1.54, 1.807) is 4.68 Å². The Balaban J connectivity index is 1.53. The lowest BCUT2D eigenvalue weighted by Crippen LogP contribution is -2.59. The van der Waals surface area contributed by atoms with Gasteiger partial charge in [0.15, 0.2) is 0 Å². The number of aromatic nitrogens is 4. The molecule has 0 saturated carbocycles. The molecule has 3 aromatic rings. The van der Waals surface area contributed by atoms with Crippen molar-refractivity contribution in [3.8, 4) is 0 Å². The van der Waals surface area contributed by atoms with Gasteiger partial charge in [-0.2, -0.15) is 5.10 Å². The third kappa shape index (κ3) is 3.90. The van der Waals surface area contributed by atoms with Crippen LogP contribution in [0.25, 0.3) is 5.52 Å². The van der Waals surface area contributed by atoms with Crippen molar-refractivity contribution in [3.05, 3.63) is 53.9 Å². The first-order chi connectivity index (χ1) is 13.8. The molecule has 4 rings (SSSR count). The third-order valence-corrected chi connectivity index (χ3v) is 5.58. The number of amides is 1. The van der Waals surface area contributed by atoms with Crippen molar-refractivity contribution in [2.45, 2.75) is 38.9 Å². The Labute approximate surface area is 170 Å². The van der Waals surface area contributed by atoms with Crippen LogP contribution < -0.4 is 10.6 Å². The van der Waals surface area contributed by atoms with E-state index in [4.69, 9.17) is 0 Å². The van der Waals surface area contributed by atoms with Gasteiger partial charge in [-0.25, -0.2) is 4.98 Å². The monoisotopic (exact) mass is 395 g/mol. The molecule has 0 unspecified atom stereocenters. The summed E-state index contributed by atoms with van der Waals surface area (Å²) < 4.78 is 3.85. The van der Waals surface area contributed by atoms with Gasteiger partial charge in [-0.15, -0.1) is 0 Å². The molecule has 1 aliphatic rings. The van der Waals surface area contributed by atoms with Gasteiger partial charge in [-0.05, 0) is 32.4 Å². The molecule has 0 spiro atoms. The van der Waals surface area contributed by atoms with Crippen LogP contribution in [0.2, 0.25) is 0 Å². The number of rotatable bonds is 5. The Bertz CT molecular complexity index is 1020. The highest BCUT2D eigenvalue weighted by Crippen LogP contribution is 2.23. The topological polar surface area (TPSA) is 79.5 Å². The number of hydrogen-bond acceptors (Lipinski definition) is 5. The molecule has 8 heteroatoms. The lowest BCUT2D eigenvalue weighted by atomic mass is 10.0. The number of fused-ring (bicyclic) bond motifs is 1. The fraction of sp³-hybridized carbons (Fsp3) is 0.476. The smallest absolute Gasteiger partial charge is 0.239 e. The fourth-order valence-corrected chi connectivity index (χ4v) is 4.05. The minimum atomic E-state index is -0.602. The van der Waals surface area contributed by atoms with Crippen molar-refractivity contribution < 1.29 is 4.79 Å². The second kappa shape index (κ2) is 7.61. The second-order valence-corrected chi connectivity index (χ2v) is 8.36. The van der Waals surface area contributed by atoms with Crippen LogP contribution in [0.1, 0.15) is 30.8 Å². The average molecular weight is 396 g/mol. The predicted molar refractivity (Wildman–Crippen MR) is 111 cm³/mol. The van der Waals surface area contributed by atoms with E-state index in [9.17, 15) is 4.79 Å². The van der Waals surface area contributed by atoms with Gasteiger partial charge in [0.25, 0.3) is 0 Å². The number of piperazine rings is 1. The number of carbonyl (C=O) groups is 1. The number of imidazole rings is 1. The SMILES string of the molecule is Cc1cccn2c(C(C)(C)NC(=O)[C@@H]3CNCCN3Cc3cnn(C)c3)ncc12. The zero-order valence-electron chi connectivity index (χ0n) is 17.5. The van der Waals surface area contributed by atoms with Gasteiger partial charge < -0.3 is 15.0 Å². The Kier molecular flexibility index (Phi) is 5.14. The number of nitrogens with zero attached hydrogens (tertiary/aromatic N) is 5. The summed E-state index contributed by atoms with van der Waals surface area (Å²) in [5.74, 6) is 0.836. The van der Waals surface area contributed by atoms with Crippen molar-refractivity contribution in [3.63, 3.8) is 0 Å². The highest BCUT2D eigenvalue weighted by molar-refractivity contribution is 5.83. The van der Waals surface area contributed by atoms with Crippen molar-refractivity contribution in [1.82, 2.24) is 34.7 Å². The molecule has 1 fully saturated rings. The van der Waals surface area contributed by atoms with Crippen LogP contribution in [0, 0.1) is 6.92 Å². The highest BCUT2D eigenvalue weighted by Gasteiger charge is 2.34. The minimum absolute atomic E-state index is 0.00972. The molecular formula is C21H29N7O. The summed E-state index contributed by atoms with van der Waals surface area (Å²) in [6.45, 7) is 9.10. The number of aryl methyl sites for hydroxylation is 2. The van der Waals surface area contributed by atoms with E-state index in [-0.39, 0.29) is 11.9 Å². The van der Waals surface area contributed by atoms with Crippen molar-refractivity contribution in [2.75, 3.05) is 19.6 Å². The van der Waals surface area contributed by atoms with Crippen LogP contribution in [0.3, 0.4) is 0 Å². The molecule has 29 heavy (non-hydrogen) atoms. The van der Waals surface area contributed by atoms with Crippen LogP contribution in [0.15, 0.2) is 36.9 Å². The molecule has 8 nitrogen and oxygen atoms in total. The van der Waals surface area contributed by atoms with Crippen LogP contribution >= 0.6 is 0 Å². The number of carbonyl (C=O) groups excluding carboxylic acids is 1. The van der Waals surface area contributed by atoms with E-state index >= 15 is 0 Å². The lowest BCUT2D eigenvalue weighted by Gasteiger charge is -2.37. The summed E-state index contributed by atoms with van der Waals surface area (Å²) in [5, 5.41) is 10.8. The maximum atomic E-state index is 13.3. The first-order valence-corrected chi connectivity index (χ1v) is 10.0. The zero-order valence-corrected chi connectivity index (χ0v) is 17.5. The Morgan fingerprint density at radius 3 is 2.97 bits per heavy atom. The standard InChI is InChI=1S/C21H29N7O/c1-15-6-5-8-28-17(15)12-23-20(28)21(2,3)25-19(29)18-11-22-7-9-27(18)14-16-10-24-26(4)13-16/h5-6,8,10,12-13,18,22H,7,9,11,14H2,1-4H3,(H,25,29)/t18-/m0/s1. The predicted octanol–water partition coefficient (Wildman–Crippen LogP) is 1.20. The summed E-state index contributed by atoms with van der Waals surface area (Å²) in [4.78, 5) is 20.1. The van der Waals surface area contributed by atoms with Gasteiger partial charge in [0.05, 0.1) is 23.4 Å². The Hall–Kier alpha value is -2.71. The molecule has 0 bridgehead atoms. The highest BCUT2D eigenvalue weighted by atomic mass is 16.2. The van der Waals surface area contributed by atoms with Crippen molar-refractivity contribution >= 4 is 11.4 Å². The molecule has 1 atom stereocenters. The van der Waals surface area contributed by atoms with Crippen LogP contribution in [0.5, 0.6) is 0 Å². The molecule has 3 aromatic heterocycles. The largest absolute Gasteiger partial charge is 0.343 e. The first kappa shape index (κ1) is 19.6. The summed E-state index contributed by atoms with van der Waals surface area (Å²) in [6, 6.07) is 3.83. The number of hydrogen-bond donors (Lipinski definition) is 2. The third-order valence-electron chi connectivity index (χ3n) is 5.58. The molecule has 1 aliphatic heterocycles. The van der Waals surface area contributed by atoms with Gasteiger partial charge in [0.2, 0.25) is 5.91 Å². The Morgan fingerprint density at radius 1 is 1.38 bits per heavy atom. The first-order valence-electron chi connectivity index (χ1n) is 10.0. The molecule has 4 heterocycles. The summed E-state index contributed by atoms with van der Waals surface area (Å²) in [6.07, 6.45) is 7.73. The van der Waals surface area contributed by atoms with E-state index < -0.39 is 5.54 Å². The lowest BCUT2D eigenvalue weighted by molar-refractivity contribution is -0.129. The summed E-state index contributed by atoms with van der Waals surface area (Å²) in [5.41, 5.74) is 2.73. The zero-order chi connectivity index (χ0) is 20.6. The normalized spacial score (nSPS) is 18.3. The van der Waals surface area contributed by atoms with E-state index in [0.717, 1.165) is 35.6 Å². The Morgan fingerprint density at radius 2 is 2.21 bits per heavy atom.